The minimum atomic E-state index is -0.298. The number of nitrogens with two attached hydrogens (primary N) is 1. The quantitative estimate of drug-likeness (QED) is 0.616. The highest BCUT2D eigenvalue weighted by Crippen LogP contribution is 2.26. The van der Waals surface area contributed by atoms with Crippen molar-refractivity contribution in [2.24, 2.45) is 11.8 Å². The average Bonchev–Trinajstić information content (AvgIpc) is 2.37. The molecule has 0 unspecified atom stereocenters. The van der Waals surface area contributed by atoms with Crippen LogP contribution in [-0.4, -0.2) is 25.7 Å². The van der Waals surface area contributed by atoms with Crippen LogP contribution in [0.4, 0.5) is 11.4 Å². The van der Waals surface area contributed by atoms with Gasteiger partial charge in [-0.1, -0.05) is 27.7 Å². The van der Waals surface area contributed by atoms with Crippen LogP contribution in [0.2, 0.25) is 0 Å². The topological polar surface area (TPSA) is 55.6 Å². The van der Waals surface area contributed by atoms with Crippen LogP contribution in [0.5, 0.6) is 0 Å². The number of anilines is 2. The van der Waals surface area contributed by atoms with Crippen molar-refractivity contribution >= 4 is 17.3 Å². The number of hydrogen-bond acceptors (Lipinski definition) is 4. The molecular formula is C17H28N2O2. The molecule has 0 radical (unpaired) electrons. The summed E-state index contributed by atoms with van der Waals surface area (Å²) < 4.78 is 5.07. The summed E-state index contributed by atoms with van der Waals surface area (Å²) in [6, 6.07) is 5.35. The van der Waals surface area contributed by atoms with Gasteiger partial charge in [0.15, 0.2) is 0 Å². The molecule has 0 atom stereocenters. The molecule has 0 saturated carbocycles. The van der Waals surface area contributed by atoms with Crippen LogP contribution < -0.4 is 10.6 Å². The summed E-state index contributed by atoms with van der Waals surface area (Å²) in [6.45, 7) is 12.7. The van der Waals surface area contributed by atoms with E-state index in [1.165, 1.54) is 0 Å². The third-order valence-corrected chi connectivity index (χ3v) is 3.05. The Bertz CT molecular complexity index is 460. The van der Waals surface area contributed by atoms with Gasteiger partial charge in [0.05, 0.1) is 23.5 Å². The molecule has 0 aliphatic rings. The van der Waals surface area contributed by atoms with Crippen LogP contribution in [0, 0.1) is 11.8 Å². The van der Waals surface area contributed by atoms with E-state index in [1.807, 2.05) is 6.07 Å². The number of hydrogen-bond donors (Lipinski definition) is 1. The molecule has 21 heavy (non-hydrogen) atoms. The summed E-state index contributed by atoms with van der Waals surface area (Å²) in [5, 5.41) is 0. The molecule has 0 aliphatic carbocycles. The Morgan fingerprint density at radius 1 is 1.19 bits per heavy atom. The maximum absolute atomic E-state index is 11.9. The van der Waals surface area contributed by atoms with Crippen molar-refractivity contribution in [3.63, 3.8) is 0 Å². The molecule has 0 spiro atoms. The molecule has 118 valence electrons. The van der Waals surface area contributed by atoms with E-state index >= 15 is 0 Å². The number of benzene rings is 1. The van der Waals surface area contributed by atoms with E-state index in [2.05, 4.69) is 32.6 Å². The maximum Gasteiger partial charge on any atom is 0.338 e. The summed E-state index contributed by atoms with van der Waals surface area (Å²) in [5.41, 5.74) is 8.29. The van der Waals surface area contributed by atoms with Gasteiger partial charge in [-0.25, -0.2) is 4.79 Å². The van der Waals surface area contributed by atoms with E-state index in [0.29, 0.717) is 29.7 Å². The summed E-state index contributed by atoms with van der Waals surface area (Å²) >= 11 is 0. The van der Waals surface area contributed by atoms with Crippen molar-refractivity contribution in [1.29, 1.82) is 0 Å². The monoisotopic (exact) mass is 292 g/mol. The third-order valence-electron chi connectivity index (χ3n) is 3.05. The van der Waals surface area contributed by atoms with Crippen LogP contribution in [-0.2, 0) is 4.74 Å². The Kier molecular flexibility index (Phi) is 6.53. The van der Waals surface area contributed by atoms with E-state index < -0.39 is 0 Å². The maximum atomic E-state index is 11.9. The first-order valence-corrected chi connectivity index (χ1v) is 7.66. The smallest absolute Gasteiger partial charge is 0.338 e. The number of ether oxygens (including phenoxy) is 1. The van der Waals surface area contributed by atoms with E-state index in [4.69, 9.17) is 10.5 Å². The fourth-order valence-electron chi connectivity index (χ4n) is 2.31. The predicted molar refractivity (Wildman–Crippen MR) is 88.7 cm³/mol. The molecule has 1 rings (SSSR count). The number of esters is 1. The summed E-state index contributed by atoms with van der Waals surface area (Å²) in [5.74, 6) is 0.747. The van der Waals surface area contributed by atoms with Crippen molar-refractivity contribution in [1.82, 2.24) is 0 Å². The SMILES string of the molecule is CCOC(=O)c1ccc(N)c(N(CC(C)C)CC(C)C)c1. The fourth-order valence-corrected chi connectivity index (χ4v) is 2.31. The molecule has 4 nitrogen and oxygen atoms in total. The zero-order valence-corrected chi connectivity index (χ0v) is 13.8. The van der Waals surface area contributed by atoms with Gasteiger partial charge in [-0.05, 0) is 37.0 Å². The first-order valence-electron chi connectivity index (χ1n) is 7.66. The highest BCUT2D eigenvalue weighted by atomic mass is 16.5. The molecule has 0 aromatic heterocycles. The van der Waals surface area contributed by atoms with Crippen molar-refractivity contribution in [3.8, 4) is 0 Å². The van der Waals surface area contributed by atoms with Gasteiger partial charge in [0.2, 0.25) is 0 Å². The fraction of sp³-hybridized carbons (Fsp3) is 0.588. The Balaban J connectivity index is 3.10. The second-order valence-electron chi connectivity index (χ2n) is 6.19. The minimum absolute atomic E-state index is 0.298. The zero-order chi connectivity index (χ0) is 16.0. The van der Waals surface area contributed by atoms with Crippen LogP contribution >= 0.6 is 0 Å². The van der Waals surface area contributed by atoms with Gasteiger partial charge in [0.25, 0.3) is 0 Å². The molecule has 0 fully saturated rings. The number of nitrogen functional groups attached to an aromatic ring is 1. The van der Waals surface area contributed by atoms with E-state index in [0.717, 1.165) is 18.8 Å². The number of nitrogens with zero attached hydrogens (tertiary/aromatic N) is 1. The molecule has 2 N–H and O–H groups in total. The Morgan fingerprint density at radius 2 is 1.76 bits per heavy atom. The van der Waals surface area contributed by atoms with Gasteiger partial charge in [-0.15, -0.1) is 0 Å². The van der Waals surface area contributed by atoms with Gasteiger partial charge in [0, 0.05) is 13.1 Å². The lowest BCUT2D eigenvalue weighted by Gasteiger charge is -2.30. The first-order chi connectivity index (χ1) is 9.85. The van der Waals surface area contributed by atoms with Gasteiger partial charge >= 0.3 is 5.97 Å². The Labute approximate surface area is 128 Å². The Morgan fingerprint density at radius 3 is 2.24 bits per heavy atom. The molecule has 0 aliphatic heterocycles. The molecule has 1 aromatic carbocycles. The largest absolute Gasteiger partial charge is 0.462 e. The summed E-state index contributed by atoms with van der Waals surface area (Å²) in [6.07, 6.45) is 0. The molecule has 4 heteroatoms. The molecule has 0 bridgehead atoms. The molecule has 0 heterocycles. The van der Waals surface area contributed by atoms with Crippen molar-refractivity contribution in [2.45, 2.75) is 34.6 Å². The van der Waals surface area contributed by atoms with Crippen molar-refractivity contribution < 1.29 is 9.53 Å². The average molecular weight is 292 g/mol. The summed E-state index contributed by atoms with van der Waals surface area (Å²) in [4.78, 5) is 14.2. The van der Waals surface area contributed by atoms with Crippen LogP contribution in [0.3, 0.4) is 0 Å². The van der Waals surface area contributed by atoms with Gasteiger partial charge in [-0.2, -0.15) is 0 Å². The first kappa shape index (κ1) is 17.3. The zero-order valence-electron chi connectivity index (χ0n) is 13.8. The highest BCUT2D eigenvalue weighted by molar-refractivity contribution is 5.92. The number of rotatable bonds is 7. The number of carbonyl (C=O) groups is 1. The standard InChI is InChI=1S/C17H28N2O2/c1-6-21-17(20)14-7-8-15(18)16(9-14)19(10-12(2)3)11-13(4)5/h7-9,12-13H,6,10-11,18H2,1-5H3. The van der Waals surface area contributed by atoms with Crippen LogP contribution in [0.25, 0.3) is 0 Å². The van der Waals surface area contributed by atoms with Crippen molar-refractivity contribution in [2.75, 3.05) is 30.3 Å². The highest BCUT2D eigenvalue weighted by Gasteiger charge is 2.16. The lowest BCUT2D eigenvalue weighted by molar-refractivity contribution is 0.0526. The molecule has 0 amide bonds. The van der Waals surface area contributed by atoms with Gasteiger partial charge in [-0.3, -0.25) is 0 Å². The lowest BCUT2D eigenvalue weighted by Crippen LogP contribution is -2.32. The van der Waals surface area contributed by atoms with Crippen LogP contribution in [0.1, 0.15) is 45.0 Å². The predicted octanol–water partition coefficient (Wildman–Crippen LogP) is 3.56. The minimum Gasteiger partial charge on any atom is -0.462 e. The van der Waals surface area contributed by atoms with E-state index in [9.17, 15) is 4.79 Å². The normalized spacial score (nSPS) is 11.0. The number of carbonyl (C=O) groups excluding carboxylic acids is 1. The Hall–Kier alpha value is -1.71. The molecule has 0 saturated heterocycles. The summed E-state index contributed by atoms with van der Waals surface area (Å²) in [7, 11) is 0. The van der Waals surface area contributed by atoms with Crippen molar-refractivity contribution in [3.05, 3.63) is 23.8 Å². The van der Waals surface area contributed by atoms with Gasteiger partial charge < -0.3 is 15.4 Å². The second kappa shape index (κ2) is 7.91. The third kappa shape index (κ3) is 5.29. The lowest BCUT2D eigenvalue weighted by atomic mass is 10.1. The van der Waals surface area contributed by atoms with E-state index in [1.54, 1.807) is 19.1 Å². The van der Waals surface area contributed by atoms with Crippen LogP contribution in [0.15, 0.2) is 18.2 Å². The van der Waals surface area contributed by atoms with E-state index in [-0.39, 0.29) is 5.97 Å². The molecular weight excluding hydrogens is 264 g/mol. The molecule has 1 aromatic rings. The second-order valence-corrected chi connectivity index (χ2v) is 6.19. The van der Waals surface area contributed by atoms with Gasteiger partial charge in [0.1, 0.15) is 0 Å².